The molecule has 3 aromatic carbocycles. The summed E-state index contributed by atoms with van der Waals surface area (Å²) in [5.74, 6) is -1.57. The largest absolute Gasteiger partial charge is 0.352 e. The fourth-order valence-electron chi connectivity index (χ4n) is 3.71. The Morgan fingerprint density at radius 3 is 2.16 bits per heavy atom. The van der Waals surface area contributed by atoms with Crippen molar-refractivity contribution in [3.8, 4) is 0 Å². The lowest BCUT2D eigenvalue weighted by atomic mass is 10.1. The molecule has 3 aromatic rings. The number of benzene rings is 3. The Hall–Kier alpha value is -2.99. The van der Waals surface area contributed by atoms with Crippen LogP contribution in [-0.4, -0.2) is 43.8 Å². The summed E-state index contributed by atoms with van der Waals surface area (Å²) in [5.41, 5.74) is 0.515. The van der Waals surface area contributed by atoms with Gasteiger partial charge in [0.15, 0.2) is 0 Å². The van der Waals surface area contributed by atoms with Crippen LogP contribution in [-0.2, 0) is 26.2 Å². The van der Waals surface area contributed by atoms with Gasteiger partial charge in [0.2, 0.25) is 11.8 Å². The summed E-state index contributed by atoms with van der Waals surface area (Å²) < 4.78 is 43.9. The van der Waals surface area contributed by atoms with Gasteiger partial charge in [-0.25, -0.2) is 12.8 Å². The Kier molecular flexibility index (Phi) is 10.3. The van der Waals surface area contributed by atoms with Crippen LogP contribution in [0.15, 0.2) is 83.8 Å². The van der Waals surface area contributed by atoms with Gasteiger partial charge in [-0.1, -0.05) is 43.3 Å². The molecule has 0 aliphatic rings. The number of sulfonamides is 1. The molecule has 7 nitrogen and oxygen atoms in total. The second-order valence-electron chi connectivity index (χ2n) is 8.91. The number of hydrogen-bond donors (Lipinski definition) is 1. The standard InChI is InChI=1S/C28H31FIN3O4S/c1-4-20(2)31-28(35)21(3)32(18-22-10-8-9-13-26(22)29)27(34)19-33(24-16-14-23(30)15-17-24)38(36,37)25-11-6-5-7-12-25/h5-17,20-21H,4,18-19H2,1-3H3,(H,31,35)/t20-,21-/m1/s1. The molecule has 0 fully saturated rings. The second kappa shape index (κ2) is 13.2. The maximum absolute atomic E-state index is 14.6. The van der Waals surface area contributed by atoms with E-state index in [0.717, 1.165) is 7.88 Å². The molecule has 0 unspecified atom stereocenters. The summed E-state index contributed by atoms with van der Waals surface area (Å²) in [7, 11) is -4.14. The van der Waals surface area contributed by atoms with Crippen molar-refractivity contribution in [2.45, 2.75) is 50.7 Å². The topological polar surface area (TPSA) is 86.8 Å². The first-order valence-electron chi connectivity index (χ1n) is 12.2. The highest BCUT2D eigenvalue weighted by atomic mass is 127. The van der Waals surface area contributed by atoms with E-state index in [4.69, 9.17) is 0 Å². The van der Waals surface area contributed by atoms with Crippen LogP contribution in [0.2, 0.25) is 0 Å². The Labute approximate surface area is 237 Å². The van der Waals surface area contributed by atoms with Crippen molar-refractivity contribution in [3.63, 3.8) is 0 Å². The summed E-state index contributed by atoms with van der Waals surface area (Å²) in [6, 6.07) is 19.4. The van der Waals surface area contributed by atoms with Gasteiger partial charge in [-0.15, -0.1) is 0 Å². The SMILES string of the molecule is CC[C@@H](C)NC(=O)[C@@H](C)N(Cc1ccccc1F)C(=O)CN(c1ccc(I)cc1)S(=O)(=O)c1ccccc1. The maximum Gasteiger partial charge on any atom is 0.264 e. The summed E-state index contributed by atoms with van der Waals surface area (Å²) in [5, 5.41) is 2.85. The molecule has 0 bridgehead atoms. The predicted octanol–water partition coefficient (Wildman–Crippen LogP) is 4.96. The van der Waals surface area contributed by atoms with Gasteiger partial charge in [0.25, 0.3) is 10.0 Å². The monoisotopic (exact) mass is 651 g/mol. The summed E-state index contributed by atoms with van der Waals surface area (Å²) in [6.45, 7) is 4.54. The first kappa shape index (κ1) is 29.6. The molecule has 0 saturated carbocycles. The lowest BCUT2D eigenvalue weighted by molar-refractivity contribution is -0.139. The number of halogens is 2. The van der Waals surface area contributed by atoms with Crippen LogP contribution in [0.25, 0.3) is 0 Å². The zero-order chi connectivity index (χ0) is 27.9. The highest BCUT2D eigenvalue weighted by Crippen LogP contribution is 2.25. The molecular weight excluding hydrogens is 620 g/mol. The highest BCUT2D eigenvalue weighted by molar-refractivity contribution is 14.1. The number of carbonyl (C=O) groups is 2. The molecule has 0 aliphatic heterocycles. The number of anilines is 1. The van der Waals surface area contributed by atoms with Crippen LogP contribution < -0.4 is 9.62 Å². The molecule has 0 radical (unpaired) electrons. The molecule has 202 valence electrons. The minimum absolute atomic E-state index is 0.0227. The Balaban J connectivity index is 2.02. The molecule has 2 atom stereocenters. The van der Waals surface area contributed by atoms with E-state index in [2.05, 4.69) is 27.9 Å². The molecular formula is C28H31FIN3O4S. The number of rotatable bonds is 11. The van der Waals surface area contributed by atoms with Crippen LogP contribution >= 0.6 is 22.6 Å². The molecule has 3 rings (SSSR count). The van der Waals surface area contributed by atoms with Crippen LogP contribution in [0, 0.1) is 9.39 Å². The van der Waals surface area contributed by atoms with Crippen molar-refractivity contribution in [1.82, 2.24) is 10.2 Å². The quantitative estimate of drug-likeness (QED) is 0.297. The van der Waals surface area contributed by atoms with Crippen LogP contribution in [0.4, 0.5) is 10.1 Å². The van der Waals surface area contributed by atoms with Crippen molar-refractivity contribution in [3.05, 3.63) is 93.8 Å². The number of carbonyl (C=O) groups excluding carboxylic acids is 2. The average Bonchev–Trinajstić information content (AvgIpc) is 2.91. The van der Waals surface area contributed by atoms with E-state index in [1.165, 1.54) is 35.2 Å². The second-order valence-corrected chi connectivity index (χ2v) is 12.0. The minimum Gasteiger partial charge on any atom is -0.352 e. The normalized spacial score (nSPS) is 12.9. The third kappa shape index (κ3) is 7.31. The van der Waals surface area contributed by atoms with E-state index in [9.17, 15) is 22.4 Å². The van der Waals surface area contributed by atoms with E-state index in [1.54, 1.807) is 55.5 Å². The third-order valence-electron chi connectivity index (χ3n) is 6.19. The van der Waals surface area contributed by atoms with Crippen molar-refractivity contribution >= 4 is 50.1 Å². The van der Waals surface area contributed by atoms with Gasteiger partial charge in [0.1, 0.15) is 18.4 Å². The lowest BCUT2D eigenvalue weighted by Crippen LogP contribution is -2.52. The fourth-order valence-corrected chi connectivity index (χ4v) is 5.51. The predicted molar refractivity (Wildman–Crippen MR) is 154 cm³/mol. The molecule has 10 heteroatoms. The zero-order valence-corrected chi connectivity index (χ0v) is 24.4. The fraction of sp³-hybridized carbons (Fsp3) is 0.286. The first-order valence-corrected chi connectivity index (χ1v) is 14.7. The number of nitrogens with zero attached hydrogens (tertiary/aromatic N) is 2. The van der Waals surface area contributed by atoms with E-state index in [1.807, 2.05) is 13.8 Å². The van der Waals surface area contributed by atoms with Crippen molar-refractivity contribution in [2.24, 2.45) is 0 Å². The Morgan fingerprint density at radius 2 is 1.55 bits per heavy atom. The Morgan fingerprint density at radius 1 is 0.947 bits per heavy atom. The molecule has 0 aromatic heterocycles. The first-order chi connectivity index (χ1) is 18.0. The number of nitrogens with one attached hydrogen (secondary N) is 1. The smallest absolute Gasteiger partial charge is 0.264 e. The van der Waals surface area contributed by atoms with Crippen molar-refractivity contribution in [2.75, 3.05) is 10.8 Å². The van der Waals surface area contributed by atoms with Gasteiger partial charge >= 0.3 is 0 Å². The molecule has 0 saturated heterocycles. The maximum atomic E-state index is 14.6. The van der Waals surface area contributed by atoms with E-state index in [-0.39, 0.29) is 23.0 Å². The van der Waals surface area contributed by atoms with Gasteiger partial charge in [-0.05, 0) is 85.3 Å². The summed E-state index contributed by atoms with van der Waals surface area (Å²) in [4.78, 5) is 28.1. The van der Waals surface area contributed by atoms with Crippen LogP contribution in [0.3, 0.4) is 0 Å². The highest BCUT2D eigenvalue weighted by Gasteiger charge is 2.33. The summed E-state index contributed by atoms with van der Waals surface area (Å²) in [6.07, 6.45) is 0.690. The van der Waals surface area contributed by atoms with E-state index >= 15 is 0 Å². The average molecular weight is 652 g/mol. The van der Waals surface area contributed by atoms with Crippen LogP contribution in [0.5, 0.6) is 0 Å². The van der Waals surface area contributed by atoms with Gasteiger partial charge in [-0.3, -0.25) is 13.9 Å². The zero-order valence-electron chi connectivity index (χ0n) is 21.5. The Bertz CT molecular complexity index is 1350. The number of amides is 2. The van der Waals surface area contributed by atoms with Gasteiger partial charge in [-0.2, -0.15) is 0 Å². The minimum atomic E-state index is -4.14. The number of hydrogen-bond acceptors (Lipinski definition) is 4. The molecule has 1 N–H and O–H groups in total. The van der Waals surface area contributed by atoms with Gasteiger partial charge in [0.05, 0.1) is 10.6 Å². The van der Waals surface area contributed by atoms with Gasteiger partial charge in [0, 0.05) is 21.7 Å². The summed E-state index contributed by atoms with van der Waals surface area (Å²) >= 11 is 2.11. The van der Waals surface area contributed by atoms with Crippen molar-refractivity contribution < 1.29 is 22.4 Å². The van der Waals surface area contributed by atoms with E-state index in [0.29, 0.717) is 12.1 Å². The van der Waals surface area contributed by atoms with Crippen LogP contribution in [0.1, 0.15) is 32.8 Å². The molecule has 0 aliphatic carbocycles. The van der Waals surface area contributed by atoms with Gasteiger partial charge < -0.3 is 10.2 Å². The molecule has 0 spiro atoms. The molecule has 2 amide bonds. The van der Waals surface area contributed by atoms with Crippen molar-refractivity contribution in [1.29, 1.82) is 0 Å². The third-order valence-corrected chi connectivity index (χ3v) is 8.70. The molecule has 38 heavy (non-hydrogen) atoms. The van der Waals surface area contributed by atoms with E-state index < -0.39 is 40.2 Å². The molecule has 0 heterocycles. The lowest BCUT2D eigenvalue weighted by Gasteiger charge is -2.32.